The molecule has 2 atom stereocenters. The summed E-state index contributed by atoms with van der Waals surface area (Å²) in [4.78, 5) is 2.37. The predicted molar refractivity (Wildman–Crippen MR) is 90.9 cm³/mol. The number of rotatable bonds is 9. The summed E-state index contributed by atoms with van der Waals surface area (Å²) in [5, 5.41) is 3.70. The lowest BCUT2D eigenvalue weighted by Crippen LogP contribution is -2.40. The number of nitrogens with zero attached hydrogens (tertiary/aromatic N) is 1. The number of hydrogen-bond donors (Lipinski definition) is 1. The van der Waals surface area contributed by atoms with E-state index in [2.05, 4.69) is 63.2 Å². The van der Waals surface area contributed by atoms with Crippen LogP contribution in [0.1, 0.15) is 43.0 Å². The molecule has 0 fully saturated rings. The van der Waals surface area contributed by atoms with E-state index in [1.165, 1.54) is 16.7 Å². The highest BCUT2D eigenvalue weighted by Crippen LogP contribution is 2.21. The second-order valence-electron chi connectivity index (χ2n) is 6.11. The minimum Gasteiger partial charge on any atom is -0.383 e. The van der Waals surface area contributed by atoms with E-state index in [9.17, 15) is 0 Å². The van der Waals surface area contributed by atoms with Crippen LogP contribution in [0.3, 0.4) is 0 Å². The molecule has 0 bridgehead atoms. The van der Waals surface area contributed by atoms with E-state index < -0.39 is 0 Å². The second kappa shape index (κ2) is 9.19. The molecule has 1 N–H and O–H groups in total. The molecule has 21 heavy (non-hydrogen) atoms. The van der Waals surface area contributed by atoms with E-state index in [1.807, 2.05) is 0 Å². The minimum atomic E-state index is 0.370. The van der Waals surface area contributed by atoms with E-state index >= 15 is 0 Å². The highest BCUT2D eigenvalue weighted by Gasteiger charge is 2.18. The predicted octanol–water partition coefficient (Wildman–Crippen LogP) is 3.31. The fourth-order valence-corrected chi connectivity index (χ4v) is 2.56. The van der Waals surface area contributed by atoms with Gasteiger partial charge in [0.05, 0.1) is 6.61 Å². The van der Waals surface area contributed by atoms with Gasteiger partial charge in [-0.05, 0) is 51.9 Å². The molecule has 0 radical (unpaired) electrons. The molecule has 120 valence electrons. The number of ether oxygens (including phenoxy) is 1. The summed E-state index contributed by atoms with van der Waals surface area (Å²) in [6, 6.07) is 7.52. The maximum Gasteiger partial charge on any atom is 0.0615 e. The second-order valence-corrected chi connectivity index (χ2v) is 6.11. The van der Waals surface area contributed by atoms with Crippen LogP contribution in [-0.4, -0.2) is 44.8 Å². The van der Waals surface area contributed by atoms with Crippen LogP contribution in [0.5, 0.6) is 0 Å². The summed E-state index contributed by atoms with van der Waals surface area (Å²) in [7, 11) is 3.94. The Labute approximate surface area is 130 Å². The summed E-state index contributed by atoms with van der Waals surface area (Å²) in [5.41, 5.74) is 4.11. The van der Waals surface area contributed by atoms with Crippen LogP contribution in [0.2, 0.25) is 0 Å². The molecule has 0 spiro atoms. The Bertz CT molecular complexity index is 420. The molecule has 1 aromatic carbocycles. The zero-order valence-electron chi connectivity index (χ0n) is 14.6. The molecule has 3 nitrogen and oxygen atoms in total. The molecule has 2 unspecified atom stereocenters. The standard InChI is InChI=1S/C18H32N2O/c1-7-10-19-18(12-20(5)16(4)13-21-6)17-11-14(2)8-9-15(17)3/h8-9,11,16,18-19H,7,10,12-13H2,1-6H3. The number of methoxy groups -OCH3 is 1. The van der Waals surface area contributed by atoms with E-state index in [1.54, 1.807) is 7.11 Å². The van der Waals surface area contributed by atoms with Gasteiger partial charge in [0, 0.05) is 25.7 Å². The topological polar surface area (TPSA) is 24.5 Å². The van der Waals surface area contributed by atoms with Crippen molar-refractivity contribution >= 4 is 0 Å². The van der Waals surface area contributed by atoms with Gasteiger partial charge in [0.25, 0.3) is 0 Å². The number of benzene rings is 1. The summed E-state index contributed by atoms with van der Waals surface area (Å²) in [5.74, 6) is 0. The van der Waals surface area contributed by atoms with Gasteiger partial charge in [-0.25, -0.2) is 0 Å². The van der Waals surface area contributed by atoms with Gasteiger partial charge in [0.2, 0.25) is 0 Å². The fraction of sp³-hybridized carbons (Fsp3) is 0.667. The Morgan fingerprint density at radius 1 is 1.29 bits per heavy atom. The van der Waals surface area contributed by atoms with Crippen LogP contribution in [0.15, 0.2) is 18.2 Å². The Morgan fingerprint density at radius 2 is 2.00 bits per heavy atom. The monoisotopic (exact) mass is 292 g/mol. The van der Waals surface area contributed by atoms with Crippen LogP contribution in [0.25, 0.3) is 0 Å². The molecule has 3 heteroatoms. The van der Waals surface area contributed by atoms with Gasteiger partial charge in [0.15, 0.2) is 0 Å². The lowest BCUT2D eigenvalue weighted by Gasteiger charge is -2.30. The number of likely N-dealkylation sites (N-methyl/N-ethyl adjacent to an activating group) is 1. The molecule has 0 aliphatic heterocycles. The van der Waals surface area contributed by atoms with Crippen LogP contribution in [0.4, 0.5) is 0 Å². The maximum atomic E-state index is 5.27. The average molecular weight is 292 g/mol. The Kier molecular flexibility index (Phi) is 7.94. The van der Waals surface area contributed by atoms with Gasteiger partial charge >= 0.3 is 0 Å². The van der Waals surface area contributed by atoms with Crippen molar-refractivity contribution in [3.8, 4) is 0 Å². The third kappa shape index (κ3) is 5.77. The molecule has 0 aromatic heterocycles. The number of hydrogen-bond acceptors (Lipinski definition) is 3. The minimum absolute atomic E-state index is 0.370. The van der Waals surface area contributed by atoms with Crippen molar-refractivity contribution in [3.05, 3.63) is 34.9 Å². The van der Waals surface area contributed by atoms with Crippen molar-refractivity contribution in [2.75, 3.05) is 33.9 Å². The quantitative estimate of drug-likeness (QED) is 0.756. The average Bonchev–Trinajstić information content (AvgIpc) is 2.46. The van der Waals surface area contributed by atoms with Crippen LogP contribution in [0, 0.1) is 13.8 Å². The van der Waals surface area contributed by atoms with E-state index in [0.717, 1.165) is 26.1 Å². The van der Waals surface area contributed by atoms with Crippen molar-refractivity contribution in [3.63, 3.8) is 0 Å². The summed E-state index contributed by atoms with van der Waals surface area (Å²) in [6.45, 7) is 11.6. The third-order valence-electron chi connectivity index (χ3n) is 4.08. The summed E-state index contributed by atoms with van der Waals surface area (Å²) >= 11 is 0. The highest BCUT2D eigenvalue weighted by atomic mass is 16.5. The van der Waals surface area contributed by atoms with Gasteiger partial charge in [-0.3, -0.25) is 4.90 Å². The summed E-state index contributed by atoms with van der Waals surface area (Å²) < 4.78 is 5.27. The zero-order chi connectivity index (χ0) is 15.8. The van der Waals surface area contributed by atoms with Gasteiger partial charge < -0.3 is 10.1 Å². The van der Waals surface area contributed by atoms with E-state index in [0.29, 0.717) is 12.1 Å². The highest BCUT2D eigenvalue weighted by molar-refractivity contribution is 5.33. The van der Waals surface area contributed by atoms with Crippen LogP contribution < -0.4 is 5.32 Å². The molecule has 0 amide bonds. The van der Waals surface area contributed by atoms with Crippen LogP contribution in [-0.2, 0) is 4.74 Å². The van der Waals surface area contributed by atoms with E-state index in [4.69, 9.17) is 4.74 Å². The molecule has 1 rings (SSSR count). The number of nitrogens with one attached hydrogen (secondary N) is 1. The fourth-order valence-electron chi connectivity index (χ4n) is 2.56. The van der Waals surface area contributed by atoms with Crippen molar-refractivity contribution in [1.29, 1.82) is 0 Å². The normalized spacial score (nSPS) is 14.4. The third-order valence-corrected chi connectivity index (χ3v) is 4.08. The summed E-state index contributed by atoms with van der Waals surface area (Å²) in [6.07, 6.45) is 1.15. The molecular formula is C18H32N2O. The first-order valence-electron chi connectivity index (χ1n) is 7.99. The van der Waals surface area contributed by atoms with Crippen molar-refractivity contribution < 1.29 is 4.74 Å². The molecule has 0 aliphatic carbocycles. The molecule has 0 aliphatic rings. The Hall–Kier alpha value is -0.900. The molecule has 0 saturated heterocycles. The largest absolute Gasteiger partial charge is 0.383 e. The molecule has 0 heterocycles. The molecule has 0 saturated carbocycles. The van der Waals surface area contributed by atoms with Crippen molar-refractivity contribution in [2.45, 2.75) is 46.2 Å². The first-order chi connectivity index (χ1) is 9.99. The van der Waals surface area contributed by atoms with Crippen LogP contribution >= 0.6 is 0 Å². The maximum absolute atomic E-state index is 5.27. The number of aryl methyl sites for hydroxylation is 2. The lowest BCUT2D eigenvalue weighted by atomic mass is 9.98. The van der Waals surface area contributed by atoms with Crippen molar-refractivity contribution in [2.24, 2.45) is 0 Å². The first kappa shape index (κ1) is 18.1. The van der Waals surface area contributed by atoms with Gasteiger partial charge in [0.1, 0.15) is 0 Å². The molecular weight excluding hydrogens is 260 g/mol. The Balaban J connectivity index is 2.86. The molecule has 1 aromatic rings. The Morgan fingerprint density at radius 3 is 2.62 bits per heavy atom. The van der Waals surface area contributed by atoms with Crippen molar-refractivity contribution in [1.82, 2.24) is 10.2 Å². The first-order valence-corrected chi connectivity index (χ1v) is 7.99. The lowest BCUT2D eigenvalue weighted by molar-refractivity contribution is 0.109. The SMILES string of the molecule is CCCNC(CN(C)C(C)COC)c1cc(C)ccc1C. The van der Waals surface area contributed by atoms with Gasteiger partial charge in [-0.15, -0.1) is 0 Å². The van der Waals surface area contributed by atoms with E-state index in [-0.39, 0.29) is 0 Å². The smallest absolute Gasteiger partial charge is 0.0615 e. The zero-order valence-corrected chi connectivity index (χ0v) is 14.6. The van der Waals surface area contributed by atoms with Gasteiger partial charge in [-0.1, -0.05) is 30.7 Å². The van der Waals surface area contributed by atoms with Gasteiger partial charge in [-0.2, -0.15) is 0 Å².